The molecule has 3 aromatic rings. The predicted octanol–water partition coefficient (Wildman–Crippen LogP) is 4.35. The van der Waals surface area contributed by atoms with Crippen LogP contribution in [0.4, 0.5) is 0 Å². The van der Waals surface area contributed by atoms with Gasteiger partial charge >= 0.3 is 0 Å². The number of imidazole rings is 1. The standard InChI is InChI=1S/C20H20ClN3O2/c21-14-6-1-4-10-18(14)26-13-11-19(25)24-12-5-9-17(24)20-22-15-7-2-3-8-16(15)23-20/h1-4,6-8,10,17H,5,9,11-13H2,(H,22,23). The third-order valence-electron chi connectivity index (χ3n) is 4.71. The molecule has 0 bridgehead atoms. The Morgan fingerprint density at radius 3 is 2.88 bits per heavy atom. The van der Waals surface area contributed by atoms with Gasteiger partial charge in [0.2, 0.25) is 5.91 Å². The van der Waals surface area contributed by atoms with Crippen molar-refractivity contribution in [2.45, 2.75) is 25.3 Å². The molecule has 4 rings (SSSR count). The summed E-state index contributed by atoms with van der Waals surface area (Å²) in [5.74, 6) is 1.56. The van der Waals surface area contributed by atoms with E-state index < -0.39 is 0 Å². The number of rotatable bonds is 5. The highest BCUT2D eigenvalue weighted by atomic mass is 35.5. The first-order valence-corrected chi connectivity index (χ1v) is 9.21. The van der Waals surface area contributed by atoms with Crippen molar-refractivity contribution in [3.05, 3.63) is 59.4 Å². The lowest BCUT2D eigenvalue weighted by molar-refractivity contribution is -0.132. The minimum Gasteiger partial charge on any atom is -0.491 e. The lowest BCUT2D eigenvalue weighted by atomic mass is 10.2. The van der Waals surface area contributed by atoms with Gasteiger partial charge in [-0.2, -0.15) is 0 Å². The van der Waals surface area contributed by atoms with E-state index in [-0.39, 0.29) is 11.9 Å². The number of hydrogen-bond acceptors (Lipinski definition) is 3. The molecule has 0 aliphatic carbocycles. The van der Waals surface area contributed by atoms with Crippen LogP contribution in [0.3, 0.4) is 0 Å². The highest BCUT2D eigenvalue weighted by Gasteiger charge is 2.31. The molecule has 1 N–H and O–H groups in total. The van der Waals surface area contributed by atoms with Crippen molar-refractivity contribution in [1.82, 2.24) is 14.9 Å². The lowest BCUT2D eigenvalue weighted by Gasteiger charge is -2.23. The number of nitrogens with one attached hydrogen (secondary N) is 1. The van der Waals surface area contributed by atoms with Crippen LogP contribution in [-0.4, -0.2) is 33.9 Å². The highest BCUT2D eigenvalue weighted by molar-refractivity contribution is 6.32. The predicted molar refractivity (Wildman–Crippen MR) is 101 cm³/mol. The second kappa shape index (κ2) is 7.38. The summed E-state index contributed by atoms with van der Waals surface area (Å²) in [7, 11) is 0. The van der Waals surface area contributed by atoms with Crippen LogP contribution in [0, 0.1) is 0 Å². The van der Waals surface area contributed by atoms with Crippen LogP contribution in [0.1, 0.15) is 31.1 Å². The maximum atomic E-state index is 12.7. The number of aromatic nitrogens is 2. The Balaban J connectivity index is 1.41. The average Bonchev–Trinajstić information content (AvgIpc) is 3.29. The van der Waals surface area contributed by atoms with Crippen LogP contribution in [-0.2, 0) is 4.79 Å². The van der Waals surface area contributed by atoms with Crippen LogP contribution in [0.15, 0.2) is 48.5 Å². The summed E-state index contributed by atoms with van der Waals surface area (Å²) in [6.45, 7) is 1.07. The van der Waals surface area contributed by atoms with E-state index in [0.717, 1.165) is 36.2 Å². The SMILES string of the molecule is O=C(CCOc1ccccc1Cl)N1CCCC1c1nc2ccccc2[nH]1. The molecule has 1 fully saturated rings. The van der Waals surface area contributed by atoms with E-state index in [0.29, 0.717) is 23.8 Å². The summed E-state index contributed by atoms with van der Waals surface area (Å²) >= 11 is 6.08. The van der Waals surface area contributed by atoms with Gasteiger partial charge in [-0.1, -0.05) is 35.9 Å². The van der Waals surface area contributed by atoms with Gasteiger partial charge < -0.3 is 14.6 Å². The van der Waals surface area contributed by atoms with Crippen molar-refractivity contribution in [3.8, 4) is 5.75 Å². The highest BCUT2D eigenvalue weighted by Crippen LogP contribution is 2.32. The molecule has 6 heteroatoms. The zero-order valence-electron chi connectivity index (χ0n) is 14.3. The molecule has 1 saturated heterocycles. The molecular formula is C20H20ClN3O2. The first kappa shape index (κ1) is 16.9. The van der Waals surface area contributed by atoms with Gasteiger partial charge in [0.05, 0.1) is 35.1 Å². The molecule has 1 atom stereocenters. The smallest absolute Gasteiger partial charge is 0.226 e. The number of carbonyl (C=O) groups is 1. The number of nitrogens with zero attached hydrogens (tertiary/aromatic N) is 2. The van der Waals surface area contributed by atoms with E-state index in [9.17, 15) is 4.79 Å². The fourth-order valence-corrected chi connectivity index (χ4v) is 3.62. The number of halogens is 1. The largest absolute Gasteiger partial charge is 0.491 e. The molecule has 1 aliphatic heterocycles. The maximum Gasteiger partial charge on any atom is 0.226 e. The minimum absolute atomic E-state index is 0.00946. The van der Waals surface area contributed by atoms with Gasteiger partial charge in [-0.25, -0.2) is 4.98 Å². The van der Waals surface area contributed by atoms with Crippen molar-refractivity contribution < 1.29 is 9.53 Å². The molecule has 1 amide bonds. The number of H-pyrrole nitrogens is 1. The first-order chi connectivity index (χ1) is 12.7. The zero-order valence-corrected chi connectivity index (χ0v) is 15.1. The van der Waals surface area contributed by atoms with E-state index in [1.807, 2.05) is 41.3 Å². The maximum absolute atomic E-state index is 12.7. The van der Waals surface area contributed by atoms with Gasteiger partial charge in [0, 0.05) is 6.54 Å². The van der Waals surface area contributed by atoms with E-state index in [2.05, 4.69) is 9.97 Å². The van der Waals surface area contributed by atoms with Gasteiger partial charge in [0.25, 0.3) is 0 Å². The molecule has 0 spiro atoms. The van der Waals surface area contributed by atoms with E-state index in [1.165, 1.54) is 0 Å². The Morgan fingerprint density at radius 2 is 2.04 bits per heavy atom. The van der Waals surface area contributed by atoms with E-state index in [1.54, 1.807) is 12.1 Å². The molecule has 0 saturated carbocycles. The van der Waals surface area contributed by atoms with E-state index >= 15 is 0 Å². The number of ether oxygens (including phenoxy) is 1. The van der Waals surface area contributed by atoms with Gasteiger partial charge in [0.1, 0.15) is 11.6 Å². The summed E-state index contributed by atoms with van der Waals surface area (Å²) in [6.07, 6.45) is 2.23. The number of aromatic amines is 1. The number of benzene rings is 2. The Kier molecular flexibility index (Phi) is 4.80. The molecule has 5 nitrogen and oxygen atoms in total. The van der Waals surface area contributed by atoms with Crippen molar-refractivity contribution in [2.24, 2.45) is 0 Å². The Morgan fingerprint density at radius 1 is 1.23 bits per heavy atom. The first-order valence-electron chi connectivity index (χ1n) is 8.84. The fourth-order valence-electron chi connectivity index (χ4n) is 3.43. The van der Waals surface area contributed by atoms with Gasteiger partial charge in [-0.3, -0.25) is 4.79 Å². The Bertz CT molecular complexity index is 891. The van der Waals surface area contributed by atoms with Crippen LogP contribution in [0.25, 0.3) is 11.0 Å². The van der Waals surface area contributed by atoms with Gasteiger partial charge in [0.15, 0.2) is 0 Å². The summed E-state index contributed by atoms with van der Waals surface area (Å²) < 4.78 is 5.65. The lowest BCUT2D eigenvalue weighted by Crippen LogP contribution is -2.32. The monoisotopic (exact) mass is 369 g/mol. The molecule has 0 radical (unpaired) electrons. The minimum atomic E-state index is 0.00946. The molecule has 2 aromatic carbocycles. The van der Waals surface area contributed by atoms with Crippen molar-refractivity contribution in [3.63, 3.8) is 0 Å². The Labute approximate surface area is 156 Å². The second-order valence-electron chi connectivity index (χ2n) is 6.41. The molecule has 1 aromatic heterocycles. The third kappa shape index (κ3) is 3.40. The van der Waals surface area contributed by atoms with Crippen LogP contribution >= 0.6 is 11.6 Å². The number of para-hydroxylation sites is 3. The van der Waals surface area contributed by atoms with Gasteiger partial charge in [-0.15, -0.1) is 0 Å². The quantitative estimate of drug-likeness (QED) is 0.727. The van der Waals surface area contributed by atoms with Gasteiger partial charge in [-0.05, 0) is 37.1 Å². The van der Waals surface area contributed by atoms with Crippen molar-refractivity contribution in [1.29, 1.82) is 0 Å². The number of hydrogen-bond donors (Lipinski definition) is 1. The molecular weight excluding hydrogens is 350 g/mol. The summed E-state index contributed by atoms with van der Waals surface area (Å²) in [6, 6.07) is 15.2. The number of fused-ring (bicyclic) bond motifs is 1. The molecule has 1 unspecified atom stereocenters. The second-order valence-corrected chi connectivity index (χ2v) is 6.82. The summed E-state index contributed by atoms with van der Waals surface area (Å²) in [4.78, 5) is 22.6. The topological polar surface area (TPSA) is 58.2 Å². The Hall–Kier alpha value is -2.53. The molecule has 2 heterocycles. The average molecular weight is 370 g/mol. The molecule has 1 aliphatic rings. The van der Waals surface area contributed by atoms with Crippen LogP contribution in [0.2, 0.25) is 5.02 Å². The number of amides is 1. The zero-order chi connectivity index (χ0) is 17.9. The van der Waals surface area contributed by atoms with Crippen LogP contribution < -0.4 is 4.74 Å². The summed E-state index contributed by atoms with van der Waals surface area (Å²) in [5.41, 5.74) is 1.94. The van der Waals surface area contributed by atoms with Crippen LogP contribution in [0.5, 0.6) is 5.75 Å². The number of carbonyl (C=O) groups excluding carboxylic acids is 1. The third-order valence-corrected chi connectivity index (χ3v) is 5.02. The summed E-state index contributed by atoms with van der Waals surface area (Å²) in [5, 5.41) is 0.557. The molecule has 134 valence electrons. The number of likely N-dealkylation sites (tertiary alicyclic amines) is 1. The fraction of sp³-hybridized carbons (Fsp3) is 0.300. The van der Waals surface area contributed by atoms with Crippen molar-refractivity contribution >= 4 is 28.5 Å². The van der Waals surface area contributed by atoms with Crippen molar-refractivity contribution in [2.75, 3.05) is 13.2 Å². The molecule has 26 heavy (non-hydrogen) atoms. The van der Waals surface area contributed by atoms with E-state index in [4.69, 9.17) is 16.3 Å². The normalized spacial score (nSPS) is 17.0.